The van der Waals surface area contributed by atoms with Crippen molar-refractivity contribution in [2.45, 2.75) is 18.9 Å². The molecule has 0 aromatic heterocycles. The standard InChI is InChI=1S/C19H23NO3/c1-20(2)11-10-14-6-9-17(23-3)19(22)18(14)16(20)12-13-4-7-15(21)8-5-13/h4-9,16H,10-12H2,1-3H3,(H-,21,22)/p+1/i1D3. The Kier molecular flexibility index (Phi) is 3.08. The molecule has 122 valence electrons. The van der Waals surface area contributed by atoms with Crippen molar-refractivity contribution >= 4 is 0 Å². The molecule has 0 aliphatic carbocycles. The van der Waals surface area contributed by atoms with Crippen LogP contribution in [0.25, 0.3) is 0 Å². The highest BCUT2D eigenvalue weighted by atomic mass is 16.5. The third-order valence-corrected chi connectivity index (χ3v) is 4.72. The first-order chi connectivity index (χ1) is 12.2. The van der Waals surface area contributed by atoms with E-state index in [1.165, 1.54) is 7.11 Å². The van der Waals surface area contributed by atoms with Crippen molar-refractivity contribution in [3.05, 3.63) is 53.1 Å². The Labute approximate surface area is 141 Å². The van der Waals surface area contributed by atoms with Gasteiger partial charge in [0.25, 0.3) is 0 Å². The van der Waals surface area contributed by atoms with Crippen molar-refractivity contribution in [1.29, 1.82) is 0 Å². The molecule has 0 bridgehead atoms. The SMILES string of the molecule is [2H]C([2H])([2H])[N+]1(C)CCc2ccc(OC)c(O)c2C1Cc1ccc(O)cc1. The number of aromatic hydroxyl groups is 2. The predicted octanol–water partition coefficient (Wildman–Crippen LogP) is 3.02. The van der Waals surface area contributed by atoms with Crippen LogP contribution < -0.4 is 4.74 Å². The van der Waals surface area contributed by atoms with E-state index >= 15 is 0 Å². The molecule has 0 amide bonds. The van der Waals surface area contributed by atoms with Gasteiger partial charge >= 0.3 is 0 Å². The number of rotatable bonds is 3. The van der Waals surface area contributed by atoms with E-state index in [0.29, 0.717) is 30.7 Å². The van der Waals surface area contributed by atoms with Gasteiger partial charge in [0.05, 0.1) is 37.4 Å². The summed E-state index contributed by atoms with van der Waals surface area (Å²) in [5.74, 6) is 0.524. The fourth-order valence-electron chi connectivity index (χ4n) is 3.34. The average Bonchev–Trinajstić information content (AvgIpc) is 2.58. The summed E-state index contributed by atoms with van der Waals surface area (Å²) in [6, 6.07) is 9.91. The highest BCUT2D eigenvalue weighted by molar-refractivity contribution is 5.52. The number of hydrogen-bond acceptors (Lipinski definition) is 3. The van der Waals surface area contributed by atoms with Gasteiger partial charge in [-0.1, -0.05) is 18.2 Å². The molecule has 0 saturated carbocycles. The number of fused-ring (bicyclic) bond motifs is 1. The van der Waals surface area contributed by atoms with Gasteiger partial charge in [-0.25, -0.2) is 0 Å². The molecule has 2 aromatic rings. The molecule has 23 heavy (non-hydrogen) atoms. The van der Waals surface area contributed by atoms with Gasteiger partial charge in [0, 0.05) is 12.8 Å². The van der Waals surface area contributed by atoms with Crippen molar-refractivity contribution in [2.24, 2.45) is 0 Å². The first-order valence-corrected chi connectivity index (χ1v) is 7.69. The molecule has 1 heterocycles. The Hall–Kier alpha value is -2.20. The highest BCUT2D eigenvalue weighted by Crippen LogP contribution is 2.44. The summed E-state index contributed by atoms with van der Waals surface area (Å²) in [5, 5.41) is 20.3. The zero-order chi connectivity index (χ0) is 19.1. The van der Waals surface area contributed by atoms with Crippen LogP contribution in [0, 0.1) is 0 Å². The number of nitrogens with zero attached hydrogens (tertiary/aromatic N) is 1. The maximum atomic E-state index is 10.8. The van der Waals surface area contributed by atoms with Crippen molar-refractivity contribution in [1.82, 2.24) is 0 Å². The average molecular weight is 317 g/mol. The maximum absolute atomic E-state index is 10.8. The molecule has 0 fully saturated rings. The van der Waals surface area contributed by atoms with Crippen LogP contribution in [0.2, 0.25) is 0 Å². The fraction of sp³-hybridized carbons (Fsp3) is 0.368. The minimum absolute atomic E-state index is 0.0158. The van der Waals surface area contributed by atoms with Crippen molar-refractivity contribution in [3.8, 4) is 17.2 Å². The van der Waals surface area contributed by atoms with Crippen LogP contribution in [0.1, 0.15) is 26.8 Å². The molecule has 2 atom stereocenters. The molecule has 4 heteroatoms. The summed E-state index contributed by atoms with van der Waals surface area (Å²) >= 11 is 0. The van der Waals surface area contributed by atoms with Gasteiger partial charge in [-0.05, 0) is 29.3 Å². The van der Waals surface area contributed by atoms with Crippen LogP contribution in [0.5, 0.6) is 17.2 Å². The fourth-order valence-corrected chi connectivity index (χ4v) is 3.34. The predicted molar refractivity (Wildman–Crippen MR) is 89.9 cm³/mol. The molecule has 0 saturated heterocycles. The summed E-state index contributed by atoms with van der Waals surface area (Å²) in [7, 11) is 3.21. The molecule has 4 nitrogen and oxygen atoms in total. The lowest BCUT2D eigenvalue weighted by molar-refractivity contribution is -0.923. The van der Waals surface area contributed by atoms with Crippen LogP contribution in [-0.4, -0.2) is 42.4 Å². The van der Waals surface area contributed by atoms with E-state index in [0.717, 1.165) is 11.1 Å². The van der Waals surface area contributed by atoms with E-state index in [1.54, 1.807) is 37.4 Å². The number of methoxy groups -OCH3 is 1. The maximum Gasteiger partial charge on any atom is 0.167 e. The monoisotopic (exact) mass is 317 g/mol. The van der Waals surface area contributed by atoms with Gasteiger partial charge in [0.1, 0.15) is 11.8 Å². The Morgan fingerprint density at radius 2 is 1.96 bits per heavy atom. The number of benzene rings is 2. The van der Waals surface area contributed by atoms with Gasteiger partial charge in [0.15, 0.2) is 11.5 Å². The molecule has 0 radical (unpaired) electrons. The van der Waals surface area contributed by atoms with Crippen molar-refractivity contribution in [2.75, 3.05) is 27.7 Å². The number of ether oxygens (including phenoxy) is 1. The Morgan fingerprint density at radius 3 is 2.61 bits per heavy atom. The molecule has 2 unspecified atom stereocenters. The van der Waals surface area contributed by atoms with Gasteiger partial charge < -0.3 is 19.4 Å². The van der Waals surface area contributed by atoms with Gasteiger partial charge in [-0.15, -0.1) is 0 Å². The largest absolute Gasteiger partial charge is 0.508 e. The smallest absolute Gasteiger partial charge is 0.167 e. The van der Waals surface area contributed by atoms with E-state index in [4.69, 9.17) is 8.85 Å². The normalized spacial score (nSPS) is 25.8. The number of quaternary nitrogens is 1. The Balaban J connectivity index is 2.15. The van der Waals surface area contributed by atoms with Gasteiger partial charge in [-0.3, -0.25) is 0 Å². The second-order valence-corrected chi connectivity index (χ2v) is 6.32. The van der Waals surface area contributed by atoms with E-state index in [9.17, 15) is 10.2 Å². The number of phenols is 2. The van der Waals surface area contributed by atoms with Crippen LogP contribution in [0.15, 0.2) is 36.4 Å². The lowest BCUT2D eigenvalue weighted by Gasteiger charge is -2.43. The van der Waals surface area contributed by atoms with Crippen molar-refractivity contribution in [3.63, 3.8) is 0 Å². The van der Waals surface area contributed by atoms with E-state index in [-0.39, 0.29) is 16.0 Å². The van der Waals surface area contributed by atoms with E-state index in [2.05, 4.69) is 0 Å². The molecular weight excluding hydrogens is 290 g/mol. The molecule has 0 spiro atoms. The zero-order valence-electron chi connectivity index (χ0n) is 16.4. The zero-order valence-corrected chi connectivity index (χ0v) is 13.4. The summed E-state index contributed by atoms with van der Waals surface area (Å²) in [6.45, 7) is -1.77. The van der Waals surface area contributed by atoms with Crippen LogP contribution in [0.4, 0.5) is 0 Å². The van der Waals surface area contributed by atoms with Crippen LogP contribution in [0.3, 0.4) is 0 Å². The molecule has 1 aliphatic rings. The summed E-state index contributed by atoms with van der Waals surface area (Å²) < 4.78 is 29.4. The van der Waals surface area contributed by atoms with E-state index < -0.39 is 13.0 Å². The third-order valence-electron chi connectivity index (χ3n) is 4.72. The first-order valence-electron chi connectivity index (χ1n) is 9.19. The van der Waals surface area contributed by atoms with E-state index in [1.807, 2.05) is 6.07 Å². The van der Waals surface area contributed by atoms with Crippen LogP contribution >= 0.6 is 0 Å². The molecule has 1 aliphatic heterocycles. The third kappa shape index (κ3) is 2.86. The molecular formula is C19H24NO3+. The lowest BCUT2D eigenvalue weighted by atomic mass is 9.86. The van der Waals surface area contributed by atoms with Crippen LogP contribution in [-0.2, 0) is 12.8 Å². The number of likely N-dealkylation sites (N-methyl/N-ethyl adjacent to an activating group) is 1. The molecule has 3 rings (SSSR count). The lowest BCUT2D eigenvalue weighted by Crippen LogP contribution is -2.48. The summed E-state index contributed by atoms with van der Waals surface area (Å²) in [6.07, 6.45) is 1.01. The quantitative estimate of drug-likeness (QED) is 0.856. The highest BCUT2D eigenvalue weighted by Gasteiger charge is 2.38. The Morgan fingerprint density at radius 1 is 1.22 bits per heavy atom. The Bertz CT molecular complexity index is 805. The minimum atomic E-state index is -2.23. The van der Waals surface area contributed by atoms with Gasteiger partial charge in [0.2, 0.25) is 0 Å². The topological polar surface area (TPSA) is 49.7 Å². The van der Waals surface area contributed by atoms with Gasteiger partial charge in [-0.2, -0.15) is 0 Å². The minimum Gasteiger partial charge on any atom is -0.508 e. The molecule has 2 aromatic carbocycles. The number of hydrogen-bond donors (Lipinski definition) is 2. The second-order valence-electron chi connectivity index (χ2n) is 6.32. The first kappa shape index (κ1) is 12.3. The molecule has 2 N–H and O–H groups in total. The van der Waals surface area contributed by atoms with Crippen molar-refractivity contribution < 1.29 is 23.5 Å². The second kappa shape index (κ2) is 5.78. The summed E-state index contributed by atoms with van der Waals surface area (Å²) in [4.78, 5) is 0. The number of phenolic OH excluding ortho intramolecular Hbond substituents is 2. The summed E-state index contributed by atoms with van der Waals surface area (Å²) in [5.41, 5.74) is 2.49.